The normalized spacial score (nSPS) is 25.5. The van der Waals surface area contributed by atoms with Crippen LogP contribution < -0.4 is 5.32 Å². The predicted molar refractivity (Wildman–Crippen MR) is 86.6 cm³/mol. The molecule has 0 amide bonds. The van der Waals surface area contributed by atoms with Gasteiger partial charge < -0.3 is 5.32 Å². The minimum atomic E-state index is -3.30. The highest BCUT2D eigenvalue weighted by Gasteiger charge is 2.41. The lowest BCUT2D eigenvalue weighted by molar-refractivity contribution is 0.447. The molecule has 1 N–H and O–H groups in total. The quantitative estimate of drug-likeness (QED) is 0.943. The van der Waals surface area contributed by atoms with Crippen molar-refractivity contribution in [3.8, 4) is 0 Å². The molecule has 5 heteroatoms. The van der Waals surface area contributed by atoms with Gasteiger partial charge in [0.05, 0.1) is 5.25 Å². The molecule has 3 atom stereocenters. The Labute approximate surface area is 129 Å². The number of hydrogen-bond acceptors (Lipinski definition) is 4. The molecule has 1 aliphatic carbocycles. The second kappa shape index (κ2) is 5.55. The van der Waals surface area contributed by atoms with E-state index in [1.165, 1.54) is 16.9 Å². The van der Waals surface area contributed by atoms with Crippen LogP contribution in [0.3, 0.4) is 0 Å². The number of thiophene rings is 1. The third kappa shape index (κ3) is 2.43. The van der Waals surface area contributed by atoms with Crippen LogP contribution in [-0.4, -0.2) is 20.7 Å². The molecule has 3 nitrogen and oxygen atoms in total. The van der Waals surface area contributed by atoms with Gasteiger partial charge in [-0.25, -0.2) is 8.42 Å². The molecule has 0 fully saturated rings. The maximum absolute atomic E-state index is 12.9. The van der Waals surface area contributed by atoms with E-state index in [-0.39, 0.29) is 12.0 Å². The molecular formula is C16H19NO2S2. The number of benzene rings is 1. The monoisotopic (exact) mass is 321 g/mol. The van der Waals surface area contributed by atoms with Gasteiger partial charge in [-0.3, -0.25) is 0 Å². The lowest BCUT2D eigenvalue weighted by Crippen LogP contribution is -2.40. The third-order valence-electron chi connectivity index (χ3n) is 4.30. The van der Waals surface area contributed by atoms with Gasteiger partial charge in [-0.1, -0.05) is 37.3 Å². The number of nitrogens with one attached hydrogen (secondary N) is 1. The Bertz CT molecular complexity index is 722. The zero-order chi connectivity index (χ0) is 15.0. The minimum Gasteiger partial charge on any atom is -0.312 e. The van der Waals surface area contributed by atoms with Gasteiger partial charge in [0.1, 0.15) is 4.21 Å². The molecule has 1 aliphatic rings. The Morgan fingerprint density at radius 1 is 1.14 bits per heavy atom. The van der Waals surface area contributed by atoms with Crippen LogP contribution in [0.5, 0.6) is 0 Å². The predicted octanol–water partition coefficient (Wildman–Crippen LogP) is 3.36. The van der Waals surface area contributed by atoms with Crippen LogP contribution in [0.15, 0.2) is 46.0 Å². The Morgan fingerprint density at radius 2 is 1.86 bits per heavy atom. The van der Waals surface area contributed by atoms with Crippen LogP contribution in [0.1, 0.15) is 36.4 Å². The largest absolute Gasteiger partial charge is 0.312 e. The van der Waals surface area contributed by atoms with Crippen molar-refractivity contribution in [2.24, 2.45) is 0 Å². The number of rotatable bonds is 3. The fraction of sp³-hybridized carbons (Fsp3) is 0.375. The molecule has 0 spiro atoms. The summed E-state index contributed by atoms with van der Waals surface area (Å²) in [6.45, 7) is 2.11. The van der Waals surface area contributed by atoms with Crippen LogP contribution >= 0.6 is 11.3 Å². The maximum Gasteiger partial charge on any atom is 0.192 e. The van der Waals surface area contributed by atoms with E-state index < -0.39 is 15.1 Å². The first-order valence-electron chi connectivity index (χ1n) is 7.09. The summed E-state index contributed by atoms with van der Waals surface area (Å²) >= 11 is 1.30. The van der Waals surface area contributed by atoms with E-state index in [4.69, 9.17) is 0 Å². The fourth-order valence-corrected chi connectivity index (χ4v) is 6.55. The highest BCUT2D eigenvalue weighted by atomic mass is 32.2. The first kappa shape index (κ1) is 14.8. The fourth-order valence-electron chi connectivity index (χ4n) is 3.28. The van der Waals surface area contributed by atoms with Crippen molar-refractivity contribution < 1.29 is 8.42 Å². The Morgan fingerprint density at radius 3 is 2.48 bits per heavy atom. The van der Waals surface area contributed by atoms with Crippen molar-refractivity contribution in [1.29, 1.82) is 0 Å². The molecule has 0 saturated heterocycles. The van der Waals surface area contributed by atoms with Gasteiger partial charge in [-0.05, 0) is 42.0 Å². The van der Waals surface area contributed by atoms with Crippen LogP contribution in [0.2, 0.25) is 0 Å². The summed E-state index contributed by atoms with van der Waals surface area (Å²) < 4.78 is 26.4. The van der Waals surface area contributed by atoms with Crippen molar-refractivity contribution in [2.75, 3.05) is 7.05 Å². The molecule has 112 valence electrons. The molecule has 2 aromatic rings. The van der Waals surface area contributed by atoms with Gasteiger partial charge >= 0.3 is 0 Å². The molecule has 0 aliphatic heterocycles. The Hall–Kier alpha value is -1.17. The highest BCUT2D eigenvalue weighted by Crippen LogP contribution is 2.42. The van der Waals surface area contributed by atoms with Crippen LogP contribution in [0.25, 0.3) is 0 Å². The van der Waals surface area contributed by atoms with Crippen LogP contribution in [-0.2, 0) is 9.84 Å². The van der Waals surface area contributed by atoms with Crippen molar-refractivity contribution >= 4 is 21.2 Å². The minimum absolute atomic E-state index is 0.149. The third-order valence-corrected chi connectivity index (χ3v) is 7.91. The second-order valence-electron chi connectivity index (χ2n) is 5.55. The molecule has 1 aromatic heterocycles. The average Bonchev–Trinajstić information content (AvgIpc) is 3.02. The molecule has 0 radical (unpaired) electrons. The summed E-state index contributed by atoms with van der Waals surface area (Å²) in [6, 6.07) is 11.5. The van der Waals surface area contributed by atoms with Crippen molar-refractivity contribution in [3.63, 3.8) is 0 Å². The summed E-state index contributed by atoms with van der Waals surface area (Å²) in [7, 11) is -1.46. The summed E-state index contributed by atoms with van der Waals surface area (Å²) in [5, 5.41) is 4.63. The molecule has 21 heavy (non-hydrogen) atoms. The van der Waals surface area contributed by atoms with Crippen LogP contribution in [0, 0.1) is 0 Å². The van der Waals surface area contributed by atoms with E-state index >= 15 is 0 Å². The maximum atomic E-state index is 12.9. The van der Waals surface area contributed by atoms with E-state index in [0.29, 0.717) is 10.6 Å². The molecule has 1 aromatic carbocycles. The standard InChI is InChI=1S/C16H19NO2S2/c1-11-10-14(21(18,19)15-8-5-9-20-15)16(17-2)13-7-4-3-6-12(11)13/h3-9,11,14,16-17H,10H2,1-2H3. The topological polar surface area (TPSA) is 46.2 Å². The summed E-state index contributed by atoms with van der Waals surface area (Å²) in [5.74, 6) is 0.255. The van der Waals surface area contributed by atoms with E-state index in [0.717, 1.165) is 5.56 Å². The van der Waals surface area contributed by atoms with Gasteiger partial charge in [0.25, 0.3) is 0 Å². The van der Waals surface area contributed by atoms with E-state index in [1.807, 2.05) is 30.6 Å². The van der Waals surface area contributed by atoms with Crippen LogP contribution in [0.4, 0.5) is 0 Å². The zero-order valence-electron chi connectivity index (χ0n) is 12.1. The van der Waals surface area contributed by atoms with E-state index in [9.17, 15) is 8.42 Å². The van der Waals surface area contributed by atoms with Gasteiger partial charge in [-0.2, -0.15) is 0 Å². The van der Waals surface area contributed by atoms with Crippen molar-refractivity contribution in [3.05, 3.63) is 52.9 Å². The highest BCUT2D eigenvalue weighted by molar-refractivity contribution is 7.94. The van der Waals surface area contributed by atoms with Gasteiger partial charge in [0.2, 0.25) is 0 Å². The number of sulfone groups is 1. The van der Waals surface area contributed by atoms with Gasteiger partial charge in [0.15, 0.2) is 9.84 Å². The molecule has 0 saturated carbocycles. The van der Waals surface area contributed by atoms with Gasteiger partial charge in [-0.15, -0.1) is 11.3 Å². The second-order valence-corrected chi connectivity index (χ2v) is 8.89. The van der Waals surface area contributed by atoms with E-state index in [1.54, 1.807) is 12.1 Å². The lowest BCUT2D eigenvalue weighted by Gasteiger charge is -2.36. The summed E-state index contributed by atoms with van der Waals surface area (Å²) in [6.07, 6.45) is 0.656. The zero-order valence-corrected chi connectivity index (χ0v) is 13.7. The first-order valence-corrected chi connectivity index (χ1v) is 9.51. The van der Waals surface area contributed by atoms with E-state index in [2.05, 4.69) is 18.3 Å². The molecule has 0 bridgehead atoms. The SMILES string of the molecule is CNC1c2ccccc2C(C)CC1S(=O)(=O)c1cccs1. The Kier molecular flexibility index (Phi) is 3.90. The number of hydrogen-bond donors (Lipinski definition) is 1. The van der Waals surface area contributed by atoms with Gasteiger partial charge in [0, 0.05) is 6.04 Å². The average molecular weight is 321 g/mol. The summed E-state index contributed by atoms with van der Waals surface area (Å²) in [5.41, 5.74) is 2.37. The summed E-state index contributed by atoms with van der Waals surface area (Å²) in [4.78, 5) is 0. The Balaban J connectivity index is 2.09. The number of fused-ring (bicyclic) bond motifs is 1. The molecule has 1 heterocycles. The van der Waals surface area contributed by atoms with Crippen molar-refractivity contribution in [1.82, 2.24) is 5.32 Å². The molecule has 3 unspecified atom stereocenters. The first-order chi connectivity index (χ1) is 10.1. The molecular weight excluding hydrogens is 302 g/mol. The molecule has 3 rings (SSSR count). The van der Waals surface area contributed by atoms with Crippen molar-refractivity contribution in [2.45, 2.75) is 34.8 Å². The lowest BCUT2D eigenvalue weighted by atomic mass is 9.81. The smallest absolute Gasteiger partial charge is 0.192 e.